The van der Waals surface area contributed by atoms with E-state index < -0.39 is 6.61 Å². The Morgan fingerprint density at radius 1 is 1.24 bits per heavy atom. The van der Waals surface area contributed by atoms with Crippen LogP contribution in [0.15, 0.2) is 42.5 Å². The second-order valence-corrected chi connectivity index (χ2v) is 8.01. The number of fused-ring (bicyclic) bond motifs is 3. The topological polar surface area (TPSA) is 110 Å². The number of ether oxygens (including phenoxy) is 1. The zero-order chi connectivity index (χ0) is 24.8. The van der Waals surface area contributed by atoms with Crippen LogP contribution in [0.4, 0.5) is 8.78 Å². The van der Waals surface area contributed by atoms with Gasteiger partial charge in [0.05, 0.1) is 6.42 Å². The smallest absolute Gasteiger partial charge is 0.345 e. The maximum Gasteiger partial charge on any atom is 0.345 e. The summed E-state index contributed by atoms with van der Waals surface area (Å²) < 4.78 is 27.1. The van der Waals surface area contributed by atoms with Gasteiger partial charge in [0.1, 0.15) is 0 Å². The third-order valence-corrected chi connectivity index (χ3v) is 6.00. The summed E-state index contributed by atoms with van der Waals surface area (Å²) >= 11 is 1.82. The number of methoxy groups -OCH3 is 1. The van der Waals surface area contributed by atoms with Crippen molar-refractivity contribution in [2.24, 2.45) is 5.73 Å². The molecule has 33 heavy (non-hydrogen) atoms. The van der Waals surface area contributed by atoms with Gasteiger partial charge in [-0.05, 0) is 43.5 Å². The first-order chi connectivity index (χ1) is 15.8. The van der Waals surface area contributed by atoms with Crippen LogP contribution in [0, 0.1) is 0 Å². The molecule has 1 aromatic heterocycles. The highest BCUT2D eigenvalue weighted by atomic mass is 32.1. The fraction of sp³-hybridized carbons (Fsp3) is 0.348. The second-order valence-electron chi connectivity index (χ2n) is 6.92. The zero-order valence-corrected chi connectivity index (χ0v) is 19.3. The Hall–Kier alpha value is -3.11. The van der Waals surface area contributed by atoms with E-state index in [1.807, 2.05) is 16.2 Å². The third kappa shape index (κ3) is 8.74. The lowest BCUT2D eigenvalue weighted by molar-refractivity contribution is -0.131. The van der Waals surface area contributed by atoms with Crippen LogP contribution < -0.4 is 5.73 Å². The van der Waals surface area contributed by atoms with Crippen LogP contribution in [0.25, 0.3) is 20.2 Å². The lowest BCUT2D eigenvalue weighted by Gasteiger charge is -2.21. The van der Waals surface area contributed by atoms with Gasteiger partial charge in [0, 0.05) is 39.9 Å². The minimum absolute atomic E-state index is 0.250. The molecular formula is C23H28F2N2O5S. The number of likely N-dealkylation sites (tertiary alicyclic amines) is 1. The maximum absolute atomic E-state index is 12.5. The monoisotopic (exact) mass is 482 g/mol. The summed E-state index contributed by atoms with van der Waals surface area (Å²) in [6.45, 7) is 0.208. The fourth-order valence-electron chi connectivity index (χ4n) is 3.46. The third-order valence-electron chi connectivity index (χ3n) is 4.85. The van der Waals surface area contributed by atoms with Gasteiger partial charge in [0.15, 0.2) is 0 Å². The van der Waals surface area contributed by atoms with Crippen LogP contribution in [-0.4, -0.2) is 55.1 Å². The van der Waals surface area contributed by atoms with E-state index in [1.165, 1.54) is 20.2 Å². The summed E-state index contributed by atoms with van der Waals surface area (Å²) in [6.07, 6.45) is 3.05. The SMILES string of the molecule is CC1CCCN1C(=O)Cc1ccc2sc3ccccc3c2c1.COC(F)F.NC=O.O=CO. The Bertz CT molecular complexity index is 1020. The van der Waals surface area contributed by atoms with Gasteiger partial charge < -0.3 is 20.5 Å². The highest BCUT2D eigenvalue weighted by Gasteiger charge is 2.24. The molecule has 1 aliphatic rings. The summed E-state index contributed by atoms with van der Waals surface area (Å²) in [6, 6.07) is 15.4. The molecular weight excluding hydrogens is 454 g/mol. The predicted octanol–water partition coefficient (Wildman–Crippen LogP) is 4.27. The van der Waals surface area contributed by atoms with Crippen molar-refractivity contribution in [1.29, 1.82) is 0 Å². The first-order valence-corrected chi connectivity index (χ1v) is 10.9. The number of amides is 2. The van der Waals surface area contributed by atoms with E-state index in [0.717, 1.165) is 32.1 Å². The maximum atomic E-state index is 12.5. The van der Waals surface area contributed by atoms with Gasteiger partial charge >= 0.3 is 6.61 Å². The van der Waals surface area contributed by atoms with Crippen molar-refractivity contribution >= 4 is 50.3 Å². The number of hydrogen-bond acceptors (Lipinski definition) is 5. The van der Waals surface area contributed by atoms with Crippen molar-refractivity contribution in [3.63, 3.8) is 0 Å². The standard InChI is InChI=1S/C19H19NOS.C2H4F2O.CH3NO.CH2O2/c1-13-5-4-10-20(13)19(21)12-14-8-9-18-16(11-14)15-6-2-3-7-17(15)22-18;1-5-2(3)4;2*2-1-3/h2-3,6-9,11,13H,4-5,10,12H2,1H3;2H,1H3;1H,(H2,2,3);1H,(H,2,3). The minimum Gasteiger partial charge on any atom is -0.483 e. The number of benzene rings is 2. The second kappa shape index (κ2) is 14.9. The molecule has 0 bridgehead atoms. The number of thiophene rings is 1. The van der Waals surface area contributed by atoms with Gasteiger partial charge in [-0.2, -0.15) is 8.78 Å². The van der Waals surface area contributed by atoms with Gasteiger partial charge in [-0.1, -0.05) is 24.3 Å². The summed E-state index contributed by atoms with van der Waals surface area (Å²) in [5.41, 5.74) is 5.29. The highest BCUT2D eigenvalue weighted by Crippen LogP contribution is 2.34. The zero-order valence-electron chi connectivity index (χ0n) is 18.4. The van der Waals surface area contributed by atoms with E-state index >= 15 is 0 Å². The Morgan fingerprint density at radius 2 is 1.82 bits per heavy atom. The highest BCUT2D eigenvalue weighted by molar-refractivity contribution is 7.25. The molecule has 1 unspecified atom stereocenters. The molecule has 0 aliphatic carbocycles. The molecule has 3 N–H and O–H groups in total. The quantitative estimate of drug-likeness (QED) is 0.542. The number of rotatable bonds is 3. The Balaban J connectivity index is 0.000000421. The normalized spacial score (nSPS) is 14.5. The summed E-state index contributed by atoms with van der Waals surface area (Å²) in [4.78, 5) is 31.5. The van der Waals surface area contributed by atoms with E-state index in [2.05, 4.69) is 59.9 Å². The largest absolute Gasteiger partial charge is 0.483 e. The van der Waals surface area contributed by atoms with Gasteiger partial charge in [-0.25, -0.2) is 0 Å². The lowest BCUT2D eigenvalue weighted by Crippen LogP contribution is -2.34. The van der Waals surface area contributed by atoms with Crippen LogP contribution in [0.5, 0.6) is 0 Å². The van der Waals surface area contributed by atoms with Crippen LogP contribution in [0.1, 0.15) is 25.3 Å². The van der Waals surface area contributed by atoms with E-state index in [9.17, 15) is 13.6 Å². The molecule has 3 aromatic rings. The number of carboxylic acid groups (broad SMARTS) is 1. The van der Waals surface area contributed by atoms with Crippen molar-refractivity contribution in [2.75, 3.05) is 13.7 Å². The number of alkyl halides is 2. The molecule has 2 heterocycles. The van der Waals surface area contributed by atoms with Crippen LogP contribution in [-0.2, 0) is 25.5 Å². The van der Waals surface area contributed by atoms with Gasteiger partial charge in [0.2, 0.25) is 12.3 Å². The Labute approximate surface area is 194 Å². The van der Waals surface area contributed by atoms with E-state index in [1.54, 1.807) is 0 Å². The fourth-order valence-corrected chi connectivity index (χ4v) is 4.55. The first-order valence-electron chi connectivity index (χ1n) is 10.1. The summed E-state index contributed by atoms with van der Waals surface area (Å²) in [7, 11) is 0.949. The molecule has 2 aromatic carbocycles. The van der Waals surface area contributed by atoms with E-state index in [4.69, 9.17) is 14.7 Å². The number of halogens is 2. The average Bonchev–Trinajstić information content (AvgIpc) is 3.38. The molecule has 180 valence electrons. The van der Waals surface area contributed by atoms with Gasteiger partial charge in [-0.3, -0.25) is 14.4 Å². The number of nitrogens with two attached hydrogens (primary N) is 1. The summed E-state index contributed by atoms with van der Waals surface area (Å²) in [5.74, 6) is 0.267. The van der Waals surface area contributed by atoms with Crippen LogP contribution in [0.2, 0.25) is 0 Å². The molecule has 1 saturated heterocycles. The minimum atomic E-state index is -2.62. The first kappa shape index (κ1) is 27.9. The number of carbonyl (C=O) groups excluding carboxylic acids is 2. The molecule has 2 amide bonds. The number of hydrogen-bond donors (Lipinski definition) is 2. The molecule has 1 fully saturated rings. The number of nitrogens with zero attached hydrogens (tertiary/aromatic N) is 1. The van der Waals surface area contributed by atoms with Crippen molar-refractivity contribution in [3.8, 4) is 0 Å². The van der Waals surface area contributed by atoms with Crippen molar-refractivity contribution in [1.82, 2.24) is 4.90 Å². The Kier molecular flexibility index (Phi) is 12.6. The Morgan fingerprint density at radius 3 is 2.36 bits per heavy atom. The van der Waals surface area contributed by atoms with E-state index in [0.29, 0.717) is 12.5 Å². The van der Waals surface area contributed by atoms with Crippen molar-refractivity contribution < 1.29 is 33.0 Å². The molecule has 0 spiro atoms. The molecule has 0 saturated carbocycles. The van der Waals surface area contributed by atoms with Gasteiger partial charge in [-0.15, -0.1) is 11.3 Å². The van der Waals surface area contributed by atoms with Crippen LogP contribution >= 0.6 is 11.3 Å². The molecule has 1 atom stereocenters. The van der Waals surface area contributed by atoms with Gasteiger partial charge in [0.25, 0.3) is 6.47 Å². The molecule has 10 heteroatoms. The molecule has 7 nitrogen and oxygen atoms in total. The number of carbonyl (C=O) groups is 3. The lowest BCUT2D eigenvalue weighted by atomic mass is 10.1. The molecule has 0 radical (unpaired) electrons. The van der Waals surface area contributed by atoms with E-state index in [-0.39, 0.29) is 18.8 Å². The molecule has 1 aliphatic heterocycles. The number of primary amides is 1. The average molecular weight is 483 g/mol. The van der Waals surface area contributed by atoms with Crippen molar-refractivity contribution in [3.05, 3.63) is 48.0 Å². The molecule has 4 rings (SSSR count). The van der Waals surface area contributed by atoms with Crippen molar-refractivity contribution in [2.45, 2.75) is 38.8 Å². The van der Waals surface area contributed by atoms with Crippen LogP contribution in [0.3, 0.4) is 0 Å². The summed E-state index contributed by atoms with van der Waals surface area (Å²) in [5, 5.41) is 9.46. The predicted molar refractivity (Wildman–Crippen MR) is 125 cm³/mol.